The number of benzene rings is 1. The molecule has 0 saturated carbocycles. The number of halogens is 5. The molecule has 15 heteroatoms. The molecule has 1 aromatic heterocycles. The van der Waals surface area contributed by atoms with E-state index < -0.39 is 58.2 Å². The fourth-order valence-electron chi connectivity index (χ4n) is 2.77. The van der Waals surface area contributed by atoms with Crippen LogP contribution in [0.1, 0.15) is 43.2 Å². The molecule has 34 heavy (non-hydrogen) atoms. The van der Waals surface area contributed by atoms with Crippen LogP contribution in [0.3, 0.4) is 0 Å². The average molecular weight is 510 g/mol. The molecule has 0 spiro atoms. The highest BCUT2D eigenvalue weighted by Gasteiger charge is 2.34. The van der Waals surface area contributed by atoms with E-state index in [2.05, 4.69) is 10.3 Å². The smallest absolute Gasteiger partial charge is 0.416 e. The molecular weight excluding hydrogens is 491 g/mol. The fraction of sp³-hybridized carbons (Fsp3) is 0.368. The molecule has 2 rings (SSSR count). The number of unbranched alkanes of at least 4 members (excludes halogenated alkanes) is 2. The minimum absolute atomic E-state index is 0.00649. The Labute approximate surface area is 193 Å². The third-order valence-electron chi connectivity index (χ3n) is 4.44. The third-order valence-corrected chi connectivity index (χ3v) is 5.32. The first kappa shape index (κ1) is 26.9. The Bertz CT molecular complexity index is 1050. The van der Waals surface area contributed by atoms with Gasteiger partial charge < -0.3 is 10.4 Å². The monoisotopic (exact) mass is 510 g/mol. The number of hydrogen-bond donors (Lipinski definition) is 4. The summed E-state index contributed by atoms with van der Waals surface area (Å²) >= 11 is 0.580. The number of amides is 3. The van der Waals surface area contributed by atoms with Gasteiger partial charge in [0.2, 0.25) is 18.1 Å². The van der Waals surface area contributed by atoms with Crippen LogP contribution in [0.5, 0.6) is 0 Å². The quantitative estimate of drug-likeness (QED) is 0.0695. The van der Waals surface area contributed by atoms with E-state index in [-0.39, 0.29) is 36.0 Å². The minimum atomic E-state index is -2.96. The summed E-state index contributed by atoms with van der Waals surface area (Å²) in [7, 11) is 0. The van der Waals surface area contributed by atoms with Crippen molar-refractivity contribution < 1.29 is 46.6 Å². The molecule has 9 nitrogen and oxygen atoms in total. The summed E-state index contributed by atoms with van der Waals surface area (Å²) in [5.74, 6) is -9.48. The molecule has 1 unspecified atom stereocenters. The maximum atomic E-state index is 14.8. The van der Waals surface area contributed by atoms with E-state index in [1.807, 2.05) is 0 Å². The van der Waals surface area contributed by atoms with Gasteiger partial charge in [0.05, 0.1) is 12.1 Å². The molecule has 1 atom stereocenters. The highest BCUT2D eigenvalue weighted by Crippen LogP contribution is 2.34. The van der Waals surface area contributed by atoms with Gasteiger partial charge in [-0.2, -0.15) is 0 Å². The lowest BCUT2D eigenvalue weighted by atomic mass is 10.1. The molecular formula is C19H19F5N4O5S. The Kier molecular flexibility index (Phi) is 9.68. The summed E-state index contributed by atoms with van der Waals surface area (Å²) in [6.07, 6.45) is -3.47. The molecule has 0 aliphatic heterocycles. The van der Waals surface area contributed by atoms with Gasteiger partial charge in [0.25, 0.3) is 0 Å². The largest absolute Gasteiger partial charge is 0.465 e. The number of nitrogens with one attached hydrogen (secondary N) is 2. The maximum absolute atomic E-state index is 14.8. The number of rotatable bonds is 11. The Morgan fingerprint density at radius 1 is 1.06 bits per heavy atom. The molecule has 186 valence electrons. The van der Waals surface area contributed by atoms with E-state index in [4.69, 9.17) is 5.21 Å². The van der Waals surface area contributed by atoms with Crippen molar-refractivity contribution in [3.8, 4) is 0 Å². The number of alkyl halides is 1. The van der Waals surface area contributed by atoms with Crippen LogP contribution < -0.4 is 15.7 Å². The number of anilines is 1. The Morgan fingerprint density at radius 2 is 1.76 bits per heavy atom. The van der Waals surface area contributed by atoms with E-state index in [1.165, 1.54) is 10.9 Å². The SMILES string of the molecule is O=C(CCCCCNC(=O)Cc1csc(N(C(=O)O)C(F)c2cc(F)c(F)c(F)c2F)n1)NO. The van der Waals surface area contributed by atoms with E-state index in [0.717, 1.165) is 0 Å². The van der Waals surface area contributed by atoms with Crippen molar-refractivity contribution in [1.29, 1.82) is 0 Å². The lowest BCUT2D eigenvalue weighted by molar-refractivity contribution is -0.129. The first-order chi connectivity index (χ1) is 16.1. The van der Waals surface area contributed by atoms with E-state index in [1.54, 1.807) is 0 Å². The third kappa shape index (κ3) is 6.84. The van der Waals surface area contributed by atoms with Crippen LogP contribution in [0.2, 0.25) is 0 Å². The van der Waals surface area contributed by atoms with Crippen LogP contribution in [0.25, 0.3) is 0 Å². The second-order valence-corrected chi connectivity index (χ2v) is 7.71. The zero-order valence-corrected chi connectivity index (χ0v) is 18.1. The molecule has 1 aromatic carbocycles. The standard InChI is InChI=1S/C19H19F5N4O5S/c20-11-7-10(14(21)16(23)15(11)22)17(24)28(19(31)32)18-26-9(8-34-18)6-13(30)25-5-3-1-2-4-12(29)27-33/h7-8,17,33H,1-6H2,(H,25,30)(H,27,29)(H,31,32). The van der Waals surface area contributed by atoms with E-state index in [9.17, 15) is 41.4 Å². The van der Waals surface area contributed by atoms with Crippen LogP contribution in [0.15, 0.2) is 11.4 Å². The lowest BCUT2D eigenvalue weighted by Gasteiger charge is -2.21. The van der Waals surface area contributed by atoms with Gasteiger partial charge in [0.1, 0.15) is 0 Å². The highest BCUT2D eigenvalue weighted by atomic mass is 32.1. The summed E-state index contributed by atoms with van der Waals surface area (Å²) in [6, 6.07) is 0.00649. The van der Waals surface area contributed by atoms with Gasteiger partial charge in [-0.3, -0.25) is 14.8 Å². The first-order valence-corrected chi connectivity index (χ1v) is 10.6. The van der Waals surface area contributed by atoms with Crippen molar-refractivity contribution in [3.63, 3.8) is 0 Å². The number of hydrogen-bond acceptors (Lipinski definition) is 6. The van der Waals surface area contributed by atoms with Gasteiger partial charge in [0, 0.05) is 23.9 Å². The van der Waals surface area contributed by atoms with Crippen molar-refractivity contribution in [1.82, 2.24) is 15.8 Å². The van der Waals surface area contributed by atoms with Gasteiger partial charge in [0.15, 0.2) is 28.4 Å². The highest BCUT2D eigenvalue weighted by molar-refractivity contribution is 7.14. The molecule has 0 aliphatic carbocycles. The predicted octanol–water partition coefficient (Wildman–Crippen LogP) is 3.58. The lowest BCUT2D eigenvalue weighted by Crippen LogP contribution is -2.32. The topological polar surface area (TPSA) is 132 Å². The Morgan fingerprint density at radius 3 is 2.41 bits per heavy atom. The second-order valence-electron chi connectivity index (χ2n) is 6.87. The number of hydroxylamine groups is 1. The molecule has 4 N–H and O–H groups in total. The zero-order chi connectivity index (χ0) is 25.4. The van der Waals surface area contributed by atoms with Gasteiger partial charge in [-0.15, -0.1) is 11.3 Å². The zero-order valence-electron chi connectivity index (χ0n) is 17.3. The van der Waals surface area contributed by atoms with Crippen LogP contribution in [-0.4, -0.2) is 39.8 Å². The molecule has 1 heterocycles. The number of nitrogens with zero attached hydrogens (tertiary/aromatic N) is 2. The maximum Gasteiger partial charge on any atom is 0.416 e. The molecule has 2 aromatic rings. The summed E-state index contributed by atoms with van der Waals surface area (Å²) in [4.78, 5) is 38.1. The molecule has 0 bridgehead atoms. The normalized spacial score (nSPS) is 11.7. The first-order valence-electron chi connectivity index (χ1n) is 9.70. The van der Waals surface area contributed by atoms with Crippen molar-refractivity contribution in [2.75, 3.05) is 11.4 Å². The number of carbonyl (C=O) groups is 3. The summed E-state index contributed by atoms with van der Waals surface area (Å²) in [5, 5.41) is 21.0. The van der Waals surface area contributed by atoms with Crippen molar-refractivity contribution in [2.45, 2.75) is 38.4 Å². The van der Waals surface area contributed by atoms with Crippen LogP contribution in [0.4, 0.5) is 31.9 Å². The molecule has 0 saturated heterocycles. The van der Waals surface area contributed by atoms with Crippen LogP contribution in [0, 0.1) is 23.3 Å². The van der Waals surface area contributed by atoms with Crippen molar-refractivity contribution in [2.24, 2.45) is 0 Å². The number of aromatic nitrogens is 1. The average Bonchev–Trinajstić information content (AvgIpc) is 3.23. The van der Waals surface area contributed by atoms with Crippen LogP contribution >= 0.6 is 11.3 Å². The van der Waals surface area contributed by atoms with E-state index >= 15 is 0 Å². The van der Waals surface area contributed by atoms with E-state index in [0.29, 0.717) is 30.6 Å². The predicted molar refractivity (Wildman–Crippen MR) is 108 cm³/mol. The molecule has 3 amide bonds. The summed E-state index contributed by atoms with van der Waals surface area (Å²) in [6.45, 7) is 0.269. The second kappa shape index (κ2) is 12.2. The van der Waals surface area contributed by atoms with Crippen molar-refractivity contribution >= 4 is 34.4 Å². The van der Waals surface area contributed by atoms with Crippen LogP contribution in [-0.2, 0) is 16.0 Å². The molecule has 0 fully saturated rings. The summed E-state index contributed by atoms with van der Waals surface area (Å²) < 4.78 is 68.7. The fourth-order valence-corrected chi connectivity index (χ4v) is 3.60. The van der Waals surface area contributed by atoms with Gasteiger partial charge in [-0.05, 0) is 18.9 Å². The minimum Gasteiger partial charge on any atom is -0.465 e. The van der Waals surface area contributed by atoms with Gasteiger partial charge >= 0.3 is 6.09 Å². The Balaban J connectivity index is 2.00. The summed E-state index contributed by atoms with van der Waals surface area (Å²) in [5.41, 5.74) is 0.163. The van der Waals surface area contributed by atoms with Crippen molar-refractivity contribution in [3.05, 3.63) is 46.0 Å². The van der Waals surface area contributed by atoms with Gasteiger partial charge in [-0.25, -0.2) is 42.1 Å². The number of carbonyl (C=O) groups excluding carboxylic acids is 2. The number of carboxylic acid groups (broad SMARTS) is 1. The molecule has 0 radical (unpaired) electrons. The molecule has 0 aliphatic rings. The Hall–Kier alpha value is -3.33. The van der Waals surface area contributed by atoms with Gasteiger partial charge in [-0.1, -0.05) is 6.42 Å². The number of thiazole rings is 1.